The average Bonchev–Trinajstić information content (AvgIpc) is 3.17. The van der Waals surface area contributed by atoms with Crippen LogP contribution in [0.15, 0.2) is 146 Å². The zero-order valence-electron chi connectivity index (χ0n) is 29.1. The summed E-state index contributed by atoms with van der Waals surface area (Å²) in [6.07, 6.45) is 18.6. The smallest absolute Gasteiger partial charge is 0.176 e. The van der Waals surface area contributed by atoms with E-state index < -0.39 is 0 Å². The molecule has 51 heavy (non-hydrogen) atoms. The summed E-state index contributed by atoms with van der Waals surface area (Å²) in [6, 6.07) is 38.3. The van der Waals surface area contributed by atoms with Gasteiger partial charge in [-0.15, -0.1) is 0 Å². The number of hydrogen-bond donors (Lipinski definition) is 0. The van der Waals surface area contributed by atoms with Crippen molar-refractivity contribution in [1.82, 2.24) is 0 Å². The molecule has 7 rings (SSSR count). The van der Waals surface area contributed by atoms with Crippen molar-refractivity contribution in [3.63, 3.8) is 0 Å². The fourth-order valence-corrected chi connectivity index (χ4v) is 6.34. The predicted octanol–water partition coefficient (Wildman–Crippen LogP) is 8.50. The second-order valence-electron chi connectivity index (χ2n) is 12.9. The van der Waals surface area contributed by atoms with Crippen molar-refractivity contribution in [3.8, 4) is 35.5 Å². The first-order valence-electron chi connectivity index (χ1n) is 18.0. The fraction of sp³-hybridized carbons (Fsp3) is 0.188. The van der Waals surface area contributed by atoms with Crippen molar-refractivity contribution >= 4 is 32.3 Å². The molecule has 3 aromatic heterocycles. The Hall–Kier alpha value is -6.21. The van der Waals surface area contributed by atoms with Gasteiger partial charge in [-0.25, -0.2) is 13.7 Å². The van der Waals surface area contributed by atoms with E-state index in [2.05, 4.69) is 196 Å². The van der Waals surface area contributed by atoms with Crippen molar-refractivity contribution < 1.29 is 13.7 Å². The molecule has 0 aliphatic rings. The third-order valence-electron chi connectivity index (χ3n) is 9.02. The number of unbranched alkanes of at least 4 members (excludes halogenated alkanes) is 3. The number of benzene rings is 4. The van der Waals surface area contributed by atoms with Crippen molar-refractivity contribution in [2.45, 2.75) is 58.2 Å². The monoisotopic (exact) mass is 660 g/mol. The van der Waals surface area contributed by atoms with Crippen LogP contribution in [0.1, 0.15) is 55.2 Å². The molecule has 0 radical (unpaired) electrons. The molecule has 3 nitrogen and oxygen atoms in total. The van der Waals surface area contributed by atoms with Gasteiger partial charge in [0.2, 0.25) is 0 Å². The highest BCUT2D eigenvalue weighted by atomic mass is 14.9. The SMILES string of the molecule is C(#Cc1cc(C#CCCC[n+]2ccc3ccccc3c2)cc(C#CCCC[n+]2ccc3ccccc3c2)c1)CCC[n+]1ccc2ccccc2c1. The van der Waals surface area contributed by atoms with Crippen LogP contribution in [0.25, 0.3) is 32.3 Å². The van der Waals surface area contributed by atoms with Crippen molar-refractivity contribution in [3.05, 3.63) is 163 Å². The van der Waals surface area contributed by atoms with Crippen molar-refractivity contribution in [2.75, 3.05) is 0 Å². The molecule has 3 heteroatoms. The topological polar surface area (TPSA) is 11.6 Å². The van der Waals surface area contributed by atoms with E-state index in [1.165, 1.54) is 32.3 Å². The third-order valence-corrected chi connectivity index (χ3v) is 9.02. The van der Waals surface area contributed by atoms with E-state index in [1.807, 2.05) is 0 Å². The minimum Gasteiger partial charge on any atom is -0.204 e. The Bertz CT molecular complexity index is 2200. The molecule has 0 amide bonds. The third kappa shape index (κ3) is 9.49. The van der Waals surface area contributed by atoms with Gasteiger partial charge < -0.3 is 0 Å². The Labute approximate surface area is 301 Å². The first kappa shape index (κ1) is 33.3. The minimum atomic E-state index is 0.829. The lowest BCUT2D eigenvalue weighted by Crippen LogP contribution is -2.32. The van der Waals surface area contributed by atoms with Crippen LogP contribution < -0.4 is 13.7 Å². The van der Waals surface area contributed by atoms with Gasteiger partial charge in [0.05, 0.1) is 0 Å². The van der Waals surface area contributed by atoms with Gasteiger partial charge in [0, 0.05) is 89.6 Å². The van der Waals surface area contributed by atoms with Gasteiger partial charge in [-0.05, 0) is 52.6 Å². The lowest BCUT2D eigenvalue weighted by atomic mass is 10.1. The average molecular weight is 661 g/mol. The standard InChI is InChI=1S/C48H42N3/c1(13-28-49-31-25-43-19-7-10-22-46(43)37-49)4-16-40-34-41(17-5-2-14-29-50-32-26-44-20-8-11-23-47(44)38-50)36-42(35-40)18-6-3-15-30-51-33-27-45-21-9-12-24-48(45)39-51/h7-12,19-27,31-39H,1-3,13-15,28-30H2/q+3. The van der Waals surface area contributed by atoms with Gasteiger partial charge in [0.25, 0.3) is 0 Å². The van der Waals surface area contributed by atoms with Crippen LogP contribution in [0.2, 0.25) is 0 Å². The normalized spacial score (nSPS) is 10.6. The molecule has 0 bridgehead atoms. The maximum absolute atomic E-state index is 3.42. The summed E-state index contributed by atoms with van der Waals surface area (Å²) >= 11 is 0. The van der Waals surface area contributed by atoms with Gasteiger partial charge in [-0.2, -0.15) is 0 Å². The first-order chi connectivity index (χ1) is 25.2. The summed E-state index contributed by atoms with van der Waals surface area (Å²) in [7, 11) is 0. The summed E-state index contributed by atoms with van der Waals surface area (Å²) in [5, 5.41) is 7.58. The van der Waals surface area contributed by atoms with Crippen LogP contribution in [0.5, 0.6) is 0 Å². The van der Waals surface area contributed by atoms with Crippen LogP contribution in [0.4, 0.5) is 0 Å². The summed E-state index contributed by atoms with van der Waals surface area (Å²) in [5.41, 5.74) is 2.92. The van der Waals surface area contributed by atoms with Gasteiger partial charge in [-0.1, -0.05) is 90.1 Å². The number of pyridine rings is 3. The lowest BCUT2D eigenvalue weighted by molar-refractivity contribution is -0.696. The van der Waals surface area contributed by atoms with Crippen molar-refractivity contribution in [2.24, 2.45) is 0 Å². The molecule has 246 valence electrons. The van der Waals surface area contributed by atoms with E-state index in [0.717, 1.165) is 74.8 Å². The predicted molar refractivity (Wildman–Crippen MR) is 207 cm³/mol. The Morgan fingerprint density at radius 2 is 0.647 bits per heavy atom. The molecular weight excluding hydrogens is 619 g/mol. The zero-order valence-corrected chi connectivity index (χ0v) is 29.1. The quantitative estimate of drug-likeness (QED) is 0.0836. The van der Waals surface area contributed by atoms with E-state index in [-0.39, 0.29) is 0 Å². The molecule has 0 saturated carbocycles. The molecule has 7 aromatic rings. The van der Waals surface area contributed by atoms with Gasteiger partial charge >= 0.3 is 0 Å². The zero-order chi connectivity index (χ0) is 34.5. The molecule has 0 unspecified atom stereocenters. The number of hydrogen-bond acceptors (Lipinski definition) is 0. The molecule has 3 heterocycles. The molecule has 0 spiro atoms. The number of aryl methyl sites for hydroxylation is 3. The first-order valence-corrected chi connectivity index (χ1v) is 18.0. The van der Waals surface area contributed by atoms with Crippen molar-refractivity contribution in [1.29, 1.82) is 0 Å². The minimum absolute atomic E-state index is 0.829. The van der Waals surface area contributed by atoms with Crippen LogP contribution in [-0.4, -0.2) is 0 Å². The molecule has 0 saturated heterocycles. The number of aromatic nitrogens is 3. The van der Waals surface area contributed by atoms with Crippen LogP contribution >= 0.6 is 0 Å². The second kappa shape index (κ2) is 16.9. The summed E-state index contributed by atoms with van der Waals surface area (Å²) in [5.74, 6) is 20.5. The molecule has 0 atom stereocenters. The highest BCUT2D eigenvalue weighted by Gasteiger charge is 2.05. The van der Waals surface area contributed by atoms with Crippen LogP contribution in [0.3, 0.4) is 0 Å². The van der Waals surface area contributed by atoms with Crippen LogP contribution in [-0.2, 0) is 19.6 Å². The van der Waals surface area contributed by atoms with E-state index in [1.54, 1.807) is 0 Å². The summed E-state index contributed by atoms with van der Waals surface area (Å²) in [4.78, 5) is 0. The highest BCUT2D eigenvalue weighted by molar-refractivity contribution is 5.81. The Kier molecular flexibility index (Phi) is 11.1. The van der Waals surface area contributed by atoms with E-state index in [0.29, 0.717) is 0 Å². The molecule has 4 aromatic carbocycles. The Morgan fingerprint density at radius 3 is 0.961 bits per heavy atom. The molecule has 0 fully saturated rings. The molecular formula is C48H42N3+3. The number of nitrogens with zero attached hydrogens (tertiary/aromatic N) is 3. The Morgan fingerprint density at radius 1 is 0.353 bits per heavy atom. The van der Waals surface area contributed by atoms with Gasteiger partial charge in [-0.3, -0.25) is 0 Å². The molecule has 0 aliphatic carbocycles. The Balaban J connectivity index is 0.984. The highest BCUT2D eigenvalue weighted by Crippen LogP contribution is 2.13. The maximum Gasteiger partial charge on any atom is 0.176 e. The number of rotatable bonds is 9. The lowest BCUT2D eigenvalue weighted by Gasteiger charge is -1.99. The largest absolute Gasteiger partial charge is 0.204 e. The van der Waals surface area contributed by atoms with E-state index in [4.69, 9.17) is 0 Å². The summed E-state index contributed by atoms with van der Waals surface area (Å²) in [6.45, 7) is 2.82. The molecule has 0 aliphatic heterocycles. The van der Waals surface area contributed by atoms with Gasteiger partial charge in [0.15, 0.2) is 37.2 Å². The van der Waals surface area contributed by atoms with Gasteiger partial charge in [0.1, 0.15) is 19.6 Å². The van der Waals surface area contributed by atoms with E-state index in [9.17, 15) is 0 Å². The second-order valence-corrected chi connectivity index (χ2v) is 12.9. The van der Waals surface area contributed by atoms with E-state index >= 15 is 0 Å². The summed E-state index contributed by atoms with van der Waals surface area (Å²) < 4.78 is 6.76. The number of fused-ring (bicyclic) bond motifs is 3. The molecule has 0 N–H and O–H groups in total. The fourth-order valence-electron chi connectivity index (χ4n) is 6.34. The van der Waals surface area contributed by atoms with Crippen LogP contribution in [0, 0.1) is 35.5 Å². The maximum atomic E-state index is 3.42.